The monoisotopic (exact) mass is 480 g/mol. The van der Waals surface area contributed by atoms with Gasteiger partial charge in [0.1, 0.15) is 6.10 Å². The second kappa shape index (κ2) is 8.44. The van der Waals surface area contributed by atoms with E-state index in [0.29, 0.717) is 36.3 Å². The van der Waals surface area contributed by atoms with E-state index in [1.807, 2.05) is 25.4 Å². The normalized spacial score (nSPS) is 23.7. The molecule has 2 atom stereocenters. The zero-order valence-electron chi connectivity index (χ0n) is 19.1. The van der Waals surface area contributed by atoms with Gasteiger partial charge in [-0.15, -0.1) is 0 Å². The summed E-state index contributed by atoms with van der Waals surface area (Å²) in [6.07, 6.45) is 8.40. The number of benzene rings is 1. The summed E-state index contributed by atoms with van der Waals surface area (Å²) < 4.78 is 36.4. The van der Waals surface area contributed by atoms with Crippen LogP contribution in [0, 0.1) is 0 Å². The largest absolute Gasteiger partial charge is 0.472 e. The number of nitrogens with zero attached hydrogens (tertiary/aromatic N) is 6. The summed E-state index contributed by atoms with van der Waals surface area (Å²) in [5.41, 5.74) is 2.76. The minimum atomic E-state index is -3.60. The smallest absolute Gasteiger partial charge is 0.243 e. The summed E-state index contributed by atoms with van der Waals surface area (Å²) in [5, 5.41) is 4.19. The molecule has 1 aromatic carbocycles. The van der Waals surface area contributed by atoms with E-state index in [4.69, 9.17) is 4.74 Å². The molecule has 2 saturated heterocycles. The Kier molecular flexibility index (Phi) is 5.39. The van der Waals surface area contributed by atoms with E-state index in [2.05, 4.69) is 20.0 Å². The topological polar surface area (TPSA) is 93.5 Å². The highest BCUT2D eigenvalue weighted by molar-refractivity contribution is 7.89. The first-order valence-electron chi connectivity index (χ1n) is 11.8. The number of sulfonamides is 1. The Labute approximate surface area is 199 Å². The lowest BCUT2D eigenvalue weighted by molar-refractivity contribution is 0.151. The molecule has 34 heavy (non-hydrogen) atoms. The highest BCUT2D eigenvalue weighted by atomic mass is 32.2. The summed E-state index contributed by atoms with van der Waals surface area (Å²) >= 11 is 0. The average Bonchev–Trinajstić information content (AvgIpc) is 3.48. The third kappa shape index (κ3) is 4.10. The number of rotatable bonds is 6. The summed E-state index contributed by atoms with van der Waals surface area (Å²) in [5.74, 6) is 1.12. The predicted octanol–water partition coefficient (Wildman–Crippen LogP) is 2.28. The van der Waals surface area contributed by atoms with Crippen LogP contribution in [0.5, 0.6) is 5.88 Å². The first-order valence-corrected chi connectivity index (χ1v) is 13.2. The van der Waals surface area contributed by atoms with Gasteiger partial charge in [-0.3, -0.25) is 14.6 Å². The number of ether oxygens (including phenoxy) is 1. The van der Waals surface area contributed by atoms with Crippen molar-refractivity contribution in [3.8, 4) is 17.1 Å². The quantitative estimate of drug-likeness (QED) is 0.534. The van der Waals surface area contributed by atoms with Crippen LogP contribution in [-0.4, -0.2) is 75.7 Å². The molecule has 0 N–H and O–H groups in total. The van der Waals surface area contributed by atoms with Crippen LogP contribution < -0.4 is 4.74 Å². The molecule has 0 unspecified atom stereocenters. The molecule has 0 spiro atoms. The van der Waals surface area contributed by atoms with Crippen LogP contribution in [0.2, 0.25) is 0 Å². The van der Waals surface area contributed by atoms with Gasteiger partial charge in [-0.05, 0) is 31.0 Å². The number of hydrogen-bond acceptors (Lipinski definition) is 7. The van der Waals surface area contributed by atoms with Crippen molar-refractivity contribution in [3.05, 3.63) is 54.6 Å². The molecule has 3 aromatic rings. The van der Waals surface area contributed by atoms with Gasteiger partial charge in [0.25, 0.3) is 0 Å². The van der Waals surface area contributed by atoms with Gasteiger partial charge in [0.05, 0.1) is 28.7 Å². The molecule has 0 amide bonds. The van der Waals surface area contributed by atoms with E-state index < -0.39 is 10.0 Å². The average molecular weight is 481 g/mol. The van der Waals surface area contributed by atoms with Crippen molar-refractivity contribution in [1.29, 1.82) is 0 Å². The van der Waals surface area contributed by atoms with Crippen molar-refractivity contribution in [2.75, 3.05) is 26.2 Å². The lowest BCUT2D eigenvalue weighted by atomic mass is 10.1. The van der Waals surface area contributed by atoms with Gasteiger partial charge in [0.2, 0.25) is 15.9 Å². The highest BCUT2D eigenvalue weighted by Gasteiger charge is 2.41. The fourth-order valence-electron chi connectivity index (χ4n) is 5.04. The van der Waals surface area contributed by atoms with Crippen LogP contribution in [0.3, 0.4) is 0 Å². The second-order valence-corrected chi connectivity index (χ2v) is 11.3. The first-order chi connectivity index (χ1) is 16.5. The molecule has 178 valence electrons. The number of aryl methyl sites for hydroxylation is 1. The highest BCUT2D eigenvalue weighted by Crippen LogP contribution is 2.38. The fraction of sp³-hybridized carbons (Fsp3) is 0.458. The van der Waals surface area contributed by atoms with Gasteiger partial charge in [-0.1, -0.05) is 12.1 Å². The lowest BCUT2D eigenvalue weighted by Gasteiger charge is -2.36. The minimum absolute atomic E-state index is 0.0121. The molecular formula is C24H28N6O3S. The SMILES string of the molecule is Cn1nccc1-c1cccc(S(=O)(=O)N2CCN3C[C@@H](Oc4cnc(C5CC5)cn4)C[C@H]3C2)c1. The van der Waals surface area contributed by atoms with Gasteiger partial charge in [-0.25, -0.2) is 13.4 Å². The van der Waals surface area contributed by atoms with E-state index in [-0.39, 0.29) is 12.1 Å². The third-order valence-electron chi connectivity index (χ3n) is 7.06. The van der Waals surface area contributed by atoms with Gasteiger partial charge in [-0.2, -0.15) is 9.40 Å². The maximum Gasteiger partial charge on any atom is 0.243 e. The van der Waals surface area contributed by atoms with E-state index >= 15 is 0 Å². The molecule has 1 saturated carbocycles. The Morgan fingerprint density at radius 3 is 2.68 bits per heavy atom. The molecule has 6 rings (SSSR count). The molecule has 2 aliphatic heterocycles. The summed E-state index contributed by atoms with van der Waals surface area (Å²) in [7, 11) is -1.75. The van der Waals surface area contributed by atoms with Gasteiger partial charge in [0.15, 0.2) is 0 Å². The van der Waals surface area contributed by atoms with Crippen molar-refractivity contribution >= 4 is 10.0 Å². The number of piperazine rings is 1. The van der Waals surface area contributed by atoms with Gasteiger partial charge >= 0.3 is 0 Å². The van der Waals surface area contributed by atoms with E-state index in [0.717, 1.165) is 29.9 Å². The molecule has 2 aromatic heterocycles. The minimum Gasteiger partial charge on any atom is -0.472 e. The zero-order valence-corrected chi connectivity index (χ0v) is 19.9. The van der Waals surface area contributed by atoms with Gasteiger partial charge in [0, 0.05) is 63.4 Å². The summed E-state index contributed by atoms with van der Waals surface area (Å²) in [6, 6.07) is 9.13. The summed E-state index contributed by atoms with van der Waals surface area (Å²) in [4.78, 5) is 11.6. The van der Waals surface area contributed by atoms with Gasteiger partial charge < -0.3 is 4.74 Å². The first kappa shape index (κ1) is 21.7. The summed E-state index contributed by atoms with van der Waals surface area (Å²) in [6.45, 7) is 2.40. The van der Waals surface area contributed by atoms with Crippen molar-refractivity contribution in [2.24, 2.45) is 7.05 Å². The molecule has 0 radical (unpaired) electrons. The molecular weight excluding hydrogens is 452 g/mol. The van der Waals surface area contributed by atoms with E-state index in [9.17, 15) is 8.42 Å². The molecule has 0 bridgehead atoms. The molecule has 3 fully saturated rings. The van der Waals surface area contributed by atoms with Crippen molar-refractivity contribution in [1.82, 2.24) is 29.0 Å². The van der Waals surface area contributed by atoms with Crippen LogP contribution in [0.25, 0.3) is 11.3 Å². The molecule has 4 heterocycles. The Hall–Kier alpha value is -2.82. The maximum absolute atomic E-state index is 13.5. The third-order valence-corrected chi connectivity index (χ3v) is 8.92. The fourth-order valence-corrected chi connectivity index (χ4v) is 6.56. The van der Waals surface area contributed by atoms with Crippen LogP contribution >= 0.6 is 0 Å². The van der Waals surface area contributed by atoms with Crippen LogP contribution in [0.15, 0.2) is 53.8 Å². The Bertz CT molecular complexity index is 1290. The zero-order chi connectivity index (χ0) is 23.3. The molecule has 1 aliphatic carbocycles. The van der Waals surface area contributed by atoms with Crippen molar-refractivity contribution in [3.63, 3.8) is 0 Å². The predicted molar refractivity (Wildman–Crippen MR) is 126 cm³/mol. The van der Waals surface area contributed by atoms with Crippen molar-refractivity contribution in [2.45, 2.75) is 42.2 Å². The maximum atomic E-state index is 13.5. The number of aromatic nitrogens is 4. The Balaban J connectivity index is 1.13. The number of fused-ring (bicyclic) bond motifs is 1. The Morgan fingerprint density at radius 1 is 1.06 bits per heavy atom. The van der Waals surface area contributed by atoms with Crippen LogP contribution in [0.4, 0.5) is 0 Å². The van der Waals surface area contributed by atoms with Crippen LogP contribution in [-0.2, 0) is 17.1 Å². The number of hydrogen-bond donors (Lipinski definition) is 0. The standard InChI is InChI=1S/C24H28N6O3S/c1-28-23(7-8-27-28)18-3-2-4-21(11-18)34(31,32)30-10-9-29-16-20(12-19(29)15-30)33-24-14-25-22(13-26-24)17-5-6-17/h2-4,7-8,11,13-14,17,19-20H,5-6,9-10,12,15-16H2,1H3/t19-,20-/m0/s1. The van der Waals surface area contributed by atoms with E-state index in [1.165, 1.54) is 12.8 Å². The Morgan fingerprint density at radius 2 is 1.94 bits per heavy atom. The van der Waals surface area contributed by atoms with Crippen molar-refractivity contribution < 1.29 is 13.2 Å². The van der Waals surface area contributed by atoms with Crippen LogP contribution in [0.1, 0.15) is 30.9 Å². The molecule has 3 aliphatic rings. The second-order valence-electron chi connectivity index (χ2n) is 9.41. The molecule has 9 nitrogen and oxygen atoms in total. The molecule has 10 heteroatoms. The lowest BCUT2D eigenvalue weighted by Crippen LogP contribution is -2.51. The van der Waals surface area contributed by atoms with E-state index in [1.54, 1.807) is 39.6 Å².